The summed E-state index contributed by atoms with van der Waals surface area (Å²) >= 11 is 0. The Bertz CT molecular complexity index is 543. The van der Waals surface area contributed by atoms with Gasteiger partial charge in [0.25, 0.3) is 0 Å². The van der Waals surface area contributed by atoms with E-state index in [1.165, 1.54) is 6.20 Å². The van der Waals surface area contributed by atoms with Crippen molar-refractivity contribution in [1.82, 2.24) is 9.29 Å². The van der Waals surface area contributed by atoms with Crippen molar-refractivity contribution in [2.75, 3.05) is 25.0 Å². The SMILES string of the molecule is CCNc1ccc(S(=O)(=O)N2CCCC(CC)CC2)cn1. The van der Waals surface area contributed by atoms with Gasteiger partial charge in [-0.3, -0.25) is 0 Å². The van der Waals surface area contributed by atoms with Crippen LogP contribution in [0.5, 0.6) is 0 Å². The van der Waals surface area contributed by atoms with E-state index in [2.05, 4.69) is 17.2 Å². The number of aromatic nitrogens is 1. The lowest BCUT2D eigenvalue weighted by Gasteiger charge is -2.20. The number of anilines is 1. The van der Waals surface area contributed by atoms with Crippen LogP contribution < -0.4 is 5.32 Å². The lowest BCUT2D eigenvalue weighted by Crippen LogP contribution is -2.32. The van der Waals surface area contributed by atoms with E-state index < -0.39 is 10.0 Å². The van der Waals surface area contributed by atoms with Gasteiger partial charge in [0, 0.05) is 25.8 Å². The molecule has 2 rings (SSSR count). The first kappa shape index (κ1) is 16.2. The summed E-state index contributed by atoms with van der Waals surface area (Å²) in [6, 6.07) is 3.37. The summed E-state index contributed by atoms with van der Waals surface area (Å²) in [6.07, 6.45) is 5.61. The Morgan fingerprint density at radius 3 is 2.71 bits per heavy atom. The first-order chi connectivity index (χ1) is 10.1. The highest BCUT2D eigenvalue weighted by Crippen LogP contribution is 2.24. The van der Waals surface area contributed by atoms with Gasteiger partial charge >= 0.3 is 0 Å². The van der Waals surface area contributed by atoms with Crippen LogP contribution in [0.15, 0.2) is 23.2 Å². The summed E-state index contributed by atoms with van der Waals surface area (Å²) in [5.41, 5.74) is 0. The average molecular weight is 311 g/mol. The zero-order valence-corrected chi connectivity index (χ0v) is 13.7. The third kappa shape index (κ3) is 3.95. The quantitative estimate of drug-likeness (QED) is 0.908. The summed E-state index contributed by atoms with van der Waals surface area (Å²) < 4.78 is 27.0. The highest BCUT2D eigenvalue weighted by atomic mass is 32.2. The van der Waals surface area contributed by atoms with Crippen molar-refractivity contribution in [3.63, 3.8) is 0 Å². The molecule has 21 heavy (non-hydrogen) atoms. The number of rotatable bonds is 5. The van der Waals surface area contributed by atoms with Crippen molar-refractivity contribution in [2.24, 2.45) is 5.92 Å². The van der Waals surface area contributed by atoms with Crippen molar-refractivity contribution in [3.05, 3.63) is 18.3 Å². The molecule has 2 heterocycles. The van der Waals surface area contributed by atoms with Crippen LogP contribution in [0, 0.1) is 5.92 Å². The molecule has 118 valence electrons. The molecule has 0 aliphatic carbocycles. The number of hydrogen-bond donors (Lipinski definition) is 1. The van der Waals surface area contributed by atoms with Crippen molar-refractivity contribution in [1.29, 1.82) is 0 Å². The standard InChI is InChI=1S/C15H25N3O2S/c1-3-13-6-5-10-18(11-9-13)21(19,20)14-7-8-15(16-4-2)17-12-14/h7-8,12-13H,3-6,9-11H2,1-2H3,(H,16,17). The molecule has 1 unspecified atom stereocenters. The monoisotopic (exact) mass is 311 g/mol. The summed E-state index contributed by atoms with van der Waals surface area (Å²) in [4.78, 5) is 4.46. The smallest absolute Gasteiger partial charge is 0.244 e. The first-order valence-electron chi connectivity index (χ1n) is 7.78. The molecular weight excluding hydrogens is 286 g/mol. The molecule has 1 N–H and O–H groups in total. The Hall–Kier alpha value is -1.14. The van der Waals surface area contributed by atoms with E-state index in [-0.39, 0.29) is 0 Å². The zero-order valence-electron chi connectivity index (χ0n) is 12.9. The first-order valence-corrected chi connectivity index (χ1v) is 9.22. The molecule has 0 saturated carbocycles. The van der Waals surface area contributed by atoms with Crippen LogP contribution in [0.4, 0.5) is 5.82 Å². The largest absolute Gasteiger partial charge is 0.370 e. The molecule has 0 spiro atoms. The Kier molecular flexibility index (Phi) is 5.58. The molecule has 1 aliphatic heterocycles. The fraction of sp³-hybridized carbons (Fsp3) is 0.667. The van der Waals surface area contributed by atoms with Crippen LogP contribution in [0.2, 0.25) is 0 Å². The maximum absolute atomic E-state index is 12.7. The summed E-state index contributed by atoms with van der Waals surface area (Å²) in [5.74, 6) is 1.36. The van der Waals surface area contributed by atoms with E-state index in [4.69, 9.17) is 0 Å². The summed E-state index contributed by atoms with van der Waals surface area (Å²) in [7, 11) is -3.41. The Morgan fingerprint density at radius 2 is 2.10 bits per heavy atom. The van der Waals surface area contributed by atoms with Gasteiger partial charge in [0.15, 0.2) is 0 Å². The highest BCUT2D eigenvalue weighted by Gasteiger charge is 2.27. The van der Waals surface area contributed by atoms with Crippen LogP contribution in [-0.4, -0.2) is 37.3 Å². The summed E-state index contributed by atoms with van der Waals surface area (Å²) in [5, 5.41) is 3.07. The lowest BCUT2D eigenvalue weighted by molar-refractivity contribution is 0.407. The van der Waals surface area contributed by atoms with Gasteiger partial charge in [0.05, 0.1) is 0 Å². The van der Waals surface area contributed by atoms with Gasteiger partial charge in [0.1, 0.15) is 10.7 Å². The van der Waals surface area contributed by atoms with Crippen LogP contribution in [0.1, 0.15) is 39.5 Å². The van der Waals surface area contributed by atoms with Crippen LogP contribution >= 0.6 is 0 Å². The summed E-state index contributed by atoms with van der Waals surface area (Å²) in [6.45, 7) is 6.17. The van der Waals surface area contributed by atoms with Crippen LogP contribution in [0.25, 0.3) is 0 Å². The van der Waals surface area contributed by atoms with Crippen LogP contribution in [0.3, 0.4) is 0 Å². The molecule has 0 bridgehead atoms. The molecule has 1 saturated heterocycles. The molecular formula is C15H25N3O2S. The maximum Gasteiger partial charge on any atom is 0.244 e. The number of hydrogen-bond acceptors (Lipinski definition) is 4. The highest BCUT2D eigenvalue weighted by molar-refractivity contribution is 7.89. The molecule has 1 fully saturated rings. The van der Waals surface area contributed by atoms with Crippen molar-refractivity contribution >= 4 is 15.8 Å². The minimum atomic E-state index is -3.41. The number of nitrogens with one attached hydrogen (secondary N) is 1. The third-order valence-electron chi connectivity index (χ3n) is 4.12. The van der Waals surface area contributed by atoms with Crippen LogP contribution in [-0.2, 0) is 10.0 Å². The van der Waals surface area contributed by atoms with E-state index in [0.29, 0.717) is 29.7 Å². The van der Waals surface area contributed by atoms with Gasteiger partial charge in [-0.15, -0.1) is 0 Å². The van der Waals surface area contributed by atoms with Crippen molar-refractivity contribution in [3.8, 4) is 0 Å². The molecule has 6 heteroatoms. The molecule has 0 amide bonds. The number of pyridine rings is 1. The molecule has 5 nitrogen and oxygen atoms in total. The second-order valence-electron chi connectivity index (χ2n) is 5.52. The fourth-order valence-electron chi connectivity index (χ4n) is 2.76. The third-order valence-corrected chi connectivity index (χ3v) is 6.00. The molecule has 1 aromatic heterocycles. The van der Waals surface area contributed by atoms with E-state index in [9.17, 15) is 8.42 Å². The van der Waals surface area contributed by atoms with Gasteiger partial charge in [0.2, 0.25) is 10.0 Å². The minimum Gasteiger partial charge on any atom is -0.370 e. The maximum atomic E-state index is 12.7. The van der Waals surface area contributed by atoms with Gasteiger partial charge in [-0.05, 0) is 44.2 Å². The number of nitrogens with zero attached hydrogens (tertiary/aromatic N) is 2. The molecule has 1 atom stereocenters. The van der Waals surface area contributed by atoms with E-state index in [1.54, 1.807) is 16.4 Å². The molecule has 1 aliphatic rings. The van der Waals surface area contributed by atoms with Gasteiger partial charge < -0.3 is 5.32 Å². The van der Waals surface area contributed by atoms with Crippen molar-refractivity contribution < 1.29 is 8.42 Å². The second kappa shape index (κ2) is 7.22. The Balaban J connectivity index is 2.13. The fourth-order valence-corrected chi connectivity index (χ4v) is 4.19. The molecule has 0 aromatic carbocycles. The van der Waals surface area contributed by atoms with Gasteiger partial charge in [-0.2, -0.15) is 4.31 Å². The second-order valence-corrected chi connectivity index (χ2v) is 7.46. The van der Waals surface area contributed by atoms with E-state index >= 15 is 0 Å². The molecule has 1 aromatic rings. The van der Waals surface area contributed by atoms with Gasteiger partial charge in [-0.25, -0.2) is 13.4 Å². The zero-order chi connectivity index (χ0) is 15.3. The lowest BCUT2D eigenvalue weighted by atomic mass is 9.98. The Morgan fingerprint density at radius 1 is 1.29 bits per heavy atom. The predicted molar refractivity (Wildman–Crippen MR) is 84.8 cm³/mol. The topological polar surface area (TPSA) is 62.3 Å². The Labute approximate surface area is 127 Å². The van der Waals surface area contributed by atoms with Gasteiger partial charge in [-0.1, -0.05) is 13.3 Å². The van der Waals surface area contributed by atoms with Crippen molar-refractivity contribution in [2.45, 2.75) is 44.4 Å². The normalized spacial score (nSPS) is 21.0. The van der Waals surface area contributed by atoms with E-state index in [0.717, 1.165) is 32.2 Å². The molecule has 0 radical (unpaired) electrons. The average Bonchev–Trinajstić information content (AvgIpc) is 2.74. The minimum absolute atomic E-state index is 0.291. The van der Waals surface area contributed by atoms with E-state index in [1.807, 2.05) is 6.92 Å². The predicted octanol–water partition coefficient (Wildman–Crippen LogP) is 2.71. The number of sulfonamides is 1.